The smallest absolute Gasteiger partial charge is 0.271 e. The summed E-state index contributed by atoms with van der Waals surface area (Å²) in [6.07, 6.45) is 1.39. The Morgan fingerprint density at radius 3 is 2.85 bits per heavy atom. The fourth-order valence-corrected chi connectivity index (χ4v) is 1.81. The maximum absolute atomic E-state index is 13.4. The molecular formula is C13H14F2N4O. The van der Waals surface area contributed by atoms with Crippen LogP contribution in [0.1, 0.15) is 23.0 Å². The van der Waals surface area contributed by atoms with E-state index in [2.05, 4.69) is 10.4 Å². The molecule has 0 saturated carbocycles. The number of anilines is 1. The van der Waals surface area contributed by atoms with Crippen molar-refractivity contribution in [1.29, 1.82) is 0 Å². The number of nitrogen functional groups attached to an aromatic ring is 1. The number of aryl methyl sites for hydroxylation is 1. The highest BCUT2D eigenvalue weighted by Gasteiger charge is 2.16. The van der Waals surface area contributed by atoms with Gasteiger partial charge in [0.1, 0.15) is 17.3 Å². The van der Waals surface area contributed by atoms with Crippen LogP contribution in [0, 0.1) is 11.6 Å². The Bertz CT molecular complexity index is 639. The van der Waals surface area contributed by atoms with Gasteiger partial charge in [-0.25, -0.2) is 8.78 Å². The second kappa shape index (κ2) is 5.68. The van der Waals surface area contributed by atoms with Gasteiger partial charge in [0.05, 0.1) is 11.9 Å². The predicted molar refractivity (Wildman–Crippen MR) is 69.8 cm³/mol. The number of hydrogen-bond donors (Lipinski definition) is 2. The number of halogens is 2. The highest BCUT2D eigenvalue weighted by molar-refractivity contribution is 5.97. The summed E-state index contributed by atoms with van der Waals surface area (Å²) >= 11 is 0. The lowest BCUT2D eigenvalue weighted by atomic mass is 10.2. The van der Waals surface area contributed by atoms with Crippen LogP contribution in [0.4, 0.5) is 14.5 Å². The highest BCUT2D eigenvalue weighted by Crippen LogP contribution is 2.12. The summed E-state index contributed by atoms with van der Waals surface area (Å²) in [4.78, 5) is 12.0. The zero-order chi connectivity index (χ0) is 14.7. The van der Waals surface area contributed by atoms with Crippen LogP contribution in [-0.4, -0.2) is 15.7 Å². The maximum Gasteiger partial charge on any atom is 0.271 e. The molecule has 0 atom stereocenters. The molecular weight excluding hydrogens is 266 g/mol. The van der Waals surface area contributed by atoms with E-state index in [1.54, 1.807) is 0 Å². The standard InChI is InChI=1S/C13H14F2N4O/c1-2-19-12(11(16)7-18-19)13(20)17-6-8-3-4-9(14)5-10(8)15/h3-5,7H,2,6,16H2,1H3,(H,17,20). The lowest BCUT2D eigenvalue weighted by Crippen LogP contribution is -2.27. The van der Waals surface area contributed by atoms with Crippen LogP contribution in [0.3, 0.4) is 0 Å². The molecule has 1 amide bonds. The molecule has 2 rings (SSSR count). The van der Waals surface area contributed by atoms with Crippen LogP contribution >= 0.6 is 0 Å². The molecule has 0 spiro atoms. The summed E-state index contributed by atoms with van der Waals surface area (Å²) < 4.78 is 27.7. The molecule has 0 aliphatic heterocycles. The average Bonchev–Trinajstić information content (AvgIpc) is 2.78. The van der Waals surface area contributed by atoms with Crippen molar-refractivity contribution in [3.05, 3.63) is 47.3 Å². The van der Waals surface area contributed by atoms with Crippen LogP contribution < -0.4 is 11.1 Å². The fraction of sp³-hybridized carbons (Fsp3) is 0.231. The number of aromatic nitrogens is 2. The zero-order valence-electron chi connectivity index (χ0n) is 10.9. The number of benzene rings is 1. The van der Waals surface area contributed by atoms with Crippen LogP contribution in [0.5, 0.6) is 0 Å². The number of carbonyl (C=O) groups is 1. The molecule has 2 aromatic rings. The summed E-state index contributed by atoms with van der Waals surface area (Å²) in [6, 6.07) is 3.19. The Labute approximate surface area is 114 Å². The van der Waals surface area contributed by atoms with Crippen molar-refractivity contribution in [3.63, 3.8) is 0 Å². The number of nitrogens with one attached hydrogen (secondary N) is 1. The van der Waals surface area contributed by atoms with E-state index in [1.807, 2.05) is 6.92 Å². The van der Waals surface area contributed by atoms with E-state index >= 15 is 0 Å². The Kier molecular flexibility index (Phi) is 3.97. The molecule has 1 heterocycles. The normalized spacial score (nSPS) is 10.6. The second-order valence-electron chi connectivity index (χ2n) is 4.18. The molecule has 0 aliphatic carbocycles. The maximum atomic E-state index is 13.4. The molecule has 0 unspecified atom stereocenters. The first-order valence-electron chi connectivity index (χ1n) is 6.06. The second-order valence-corrected chi connectivity index (χ2v) is 4.18. The minimum absolute atomic E-state index is 0.0563. The first kappa shape index (κ1) is 14.0. The Balaban J connectivity index is 2.10. The average molecular weight is 280 g/mol. The fourth-order valence-electron chi connectivity index (χ4n) is 1.81. The van der Waals surface area contributed by atoms with E-state index in [0.717, 1.165) is 12.1 Å². The van der Waals surface area contributed by atoms with Gasteiger partial charge in [-0.2, -0.15) is 5.10 Å². The molecule has 3 N–H and O–H groups in total. The first-order chi connectivity index (χ1) is 9.52. The summed E-state index contributed by atoms with van der Waals surface area (Å²) in [7, 11) is 0. The number of carbonyl (C=O) groups excluding carboxylic acids is 1. The largest absolute Gasteiger partial charge is 0.396 e. The molecule has 0 saturated heterocycles. The van der Waals surface area contributed by atoms with Gasteiger partial charge in [0, 0.05) is 24.7 Å². The van der Waals surface area contributed by atoms with Crippen LogP contribution in [0.25, 0.3) is 0 Å². The van der Waals surface area contributed by atoms with Gasteiger partial charge < -0.3 is 11.1 Å². The van der Waals surface area contributed by atoms with Gasteiger partial charge in [0.15, 0.2) is 0 Å². The quantitative estimate of drug-likeness (QED) is 0.895. The predicted octanol–water partition coefficient (Wildman–Crippen LogP) is 1.69. The van der Waals surface area contributed by atoms with Crippen molar-refractivity contribution < 1.29 is 13.6 Å². The number of nitrogens with zero attached hydrogens (tertiary/aromatic N) is 2. The van der Waals surface area contributed by atoms with Gasteiger partial charge in [-0.05, 0) is 13.0 Å². The molecule has 5 nitrogen and oxygen atoms in total. The molecule has 0 radical (unpaired) electrons. The van der Waals surface area contributed by atoms with E-state index in [0.29, 0.717) is 6.54 Å². The van der Waals surface area contributed by atoms with Crippen molar-refractivity contribution in [1.82, 2.24) is 15.1 Å². The minimum Gasteiger partial charge on any atom is -0.396 e. The van der Waals surface area contributed by atoms with Crippen LogP contribution in [0.15, 0.2) is 24.4 Å². The van der Waals surface area contributed by atoms with Gasteiger partial charge in [-0.1, -0.05) is 6.07 Å². The molecule has 20 heavy (non-hydrogen) atoms. The van der Waals surface area contributed by atoms with E-state index in [4.69, 9.17) is 5.73 Å². The van der Waals surface area contributed by atoms with E-state index in [-0.39, 0.29) is 23.5 Å². The summed E-state index contributed by atoms with van der Waals surface area (Å²) in [5, 5.41) is 6.48. The van der Waals surface area contributed by atoms with Crippen molar-refractivity contribution >= 4 is 11.6 Å². The molecule has 1 aromatic carbocycles. The molecule has 7 heteroatoms. The van der Waals surface area contributed by atoms with Gasteiger partial charge in [-0.15, -0.1) is 0 Å². The van der Waals surface area contributed by atoms with E-state index in [9.17, 15) is 13.6 Å². The van der Waals surface area contributed by atoms with E-state index in [1.165, 1.54) is 16.9 Å². The lowest BCUT2D eigenvalue weighted by Gasteiger charge is -2.08. The van der Waals surface area contributed by atoms with Crippen LogP contribution in [0.2, 0.25) is 0 Å². The molecule has 1 aromatic heterocycles. The molecule has 0 bridgehead atoms. The Hall–Kier alpha value is -2.44. The number of amides is 1. The molecule has 0 fully saturated rings. The summed E-state index contributed by atoms with van der Waals surface area (Å²) in [5.74, 6) is -1.82. The van der Waals surface area contributed by atoms with Crippen molar-refractivity contribution in [2.24, 2.45) is 0 Å². The van der Waals surface area contributed by atoms with Crippen molar-refractivity contribution in [3.8, 4) is 0 Å². The molecule has 106 valence electrons. The van der Waals surface area contributed by atoms with E-state index < -0.39 is 17.5 Å². The summed E-state index contributed by atoms with van der Waals surface area (Å²) in [5.41, 5.74) is 6.35. The van der Waals surface area contributed by atoms with Gasteiger partial charge in [0.2, 0.25) is 0 Å². The molecule has 0 aliphatic rings. The monoisotopic (exact) mass is 280 g/mol. The van der Waals surface area contributed by atoms with Gasteiger partial charge in [0.25, 0.3) is 5.91 Å². The summed E-state index contributed by atoms with van der Waals surface area (Å²) in [6.45, 7) is 2.26. The Morgan fingerprint density at radius 1 is 1.45 bits per heavy atom. The van der Waals surface area contributed by atoms with Gasteiger partial charge >= 0.3 is 0 Å². The minimum atomic E-state index is -0.706. The van der Waals surface area contributed by atoms with Gasteiger partial charge in [-0.3, -0.25) is 9.48 Å². The zero-order valence-corrected chi connectivity index (χ0v) is 10.9. The van der Waals surface area contributed by atoms with Crippen LogP contribution in [-0.2, 0) is 13.1 Å². The first-order valence-corrected chi connectivity index (χ1v) is 6.06. The SMILES string of the molecule is CCn1ncc(N)c1C(=O)NCc1ccc(F)cc1F. The number of hydrogen-bond acceptors (Lipinski definition) is 3. The lowest BCUT2D eigenvalue weighted by molar-refractivity contribution is 0.0941. The third-order valence-electron chi connectivity index (χ3n) is 2.84. The number of nitrogens with two attached hydrogens (primary N) is 1. The van der Waals surface area contributed by atoms with Crippen molar-refractivity contribution in [2.45, 2.75) is 20.0 Å². The highest BCUT2D eigenvalue weighted by atomic mass is 19.1. The topological polar surface area (TPSA) is 72.9 Å². The third kappa shape index (κ3) is 2.76. The third-order valence-corrected chi connectivity index (χ3v) is 2.84. The Morgan fingerprint density at radius 2 is 2.20 bits per heavy atom. The van der Waals surface area contributed by atoms with Crippen molar-refractivity contribution in [2.75, 3.05) is 5.73 Å². The number of rotatable bonds is 4.